The van der Waals surface area contributed by atoms with Gasteiger partial charge in [0.15, 0.2) is 0 Å². The monoisotopic (exact) mass is 287 g/mol. The smallest absolute Gasteiger partial charge is 0.251 e. The molecule has 0 spiro atoms. The average Bonchev–Trinajstić information content (AvgIpc) is 2.47. The second kappa shape index (κ2) is 7.11. The highest BCUT2D eigenvalue weighted by Crippen LogP contribution is 2.10. The third-order valence-electron chi connectivity index (χ3n) is 3.09. The normalized spacial score (nSPS) is 10.3. The second-order valence-corrected chi connectivity index (χ2v) is 5.20. The summed E-state index contributed by atoms with van der Waals surface area (Å²) in [7, 11) is 0. The molecule has 0 aliphatic carbocycles. The molecule has 3 heteroatoms. The number of carbonyl (C=O) groups excluding carboxylic acids is 1. The SMILES string of the molecule is CCCc1cccc(C(=O)NCc2ccc(Cl)cc2)c1. The van der Waals surface area contributed by atoms with E-state index in [-0.39, 0.29) is 5.91 Å². The molecular weight excluding hydrogens is 270 g/mol. The molecule has 1 amide bonds. The maximum atomic E-state index is 12.1. The molecule has 0 heterocycles. The molecule has 2 aromatic rings. The molecule has 0 atom stereocenters. The highest BCUT2D eigenvalue weighted by Gasteiger charge is 2.05. The highest BCUT2D eigenvalue weighted by molar-refractivity contribution is 6.30. The van der Waals surface area contributed by atoms with Crippen molar-refractivity contribution in [3.63, 3.8) is 0 Å². The van der Waals surface area contributed by atoms with Gasteiger partial charge in [-0.3, -0.25) is 4.79 Å². The summed E-state index contributed by atoms with van der Waals surface area (Å²) in [5, 5.41) is 3.62. The summed E-state index contributed by atoms with van der Waals surface area (Å²) in [5.41, 5.74) is 2.95. The first-order valence-electron chi connectivity index (χ1n) is 6.80. The van der Waals surface area contributed by atoms with Crippen LogP contribution in [0.1, 0.15) is 34.8 Å². The summed E-state index contributed by atoms with van der Waals surface area (Å²) in [4.78, 5) is 12.1. The lowest BCUT2D eigenvalue weighted by Crippen LogP contribution is -2.22. The molecule has 0 bridgehead atoms. The fourth-order valence-corrected chi connectivity index (χ4v) is 2.17. The van der Waals surface area contributed by atoms with Gasteiger partial charge in [0.05, 0.1) is 0 Å². The van der Waals surface area contributed by atoms with Crippen LogP contribution in [0.15, 0.2) is 48.5 Å². The fraction of sp³-hybridized carbons (Fsp3) is 0.235. The summed E-state index contributed by atoms with van der Waals surface area (Å²) < 4.78 is 0. The molecule has 2 nitrogen and oxygen atoms in total. The number of carbonyl (C=O) groups is 1. The summed E-state index contributed by atoms with van der Waals surface area (Å²) in [6.07, 6.45) is 2.08. The Kier molecular flexibility index (Phi) is 5.19. The summed E-state index contributed by atoms with van der Waals surface area (Å²) in [6, 6.07) is 15.3. The number of rotatable bonds is 5. The minimum atomic E-state index is -0.0436. The van der Waals surface area contributed by atoms with E-state index in [4.69, 9.17) is 11.6 Å². The molecule has 20 heavy (non-hydrogen) atoms. The molecule has 0 aliphatic heterocycles. The molecular formula is C17H18ClNO. The lowest BCUT2D eigenvalue weighted by atomic mass is 10.1. The zero-order valence-electron chi connectivity index (χ0n) is 11.5. The molecule has 2 aromatic carbocycles. The average molecular weight is 288 g/mol. The van der Waals surface area contributed by atoms with E-state index in [1.165, 1.54) is 5.56 Å². The van der Waals surface area contributed by atoms with E-state index in [2.05, 4.69) is 18.3 Å². The van der Waals surface area contributed by atoms with Gasteiger partial charge in [0.25, 0.3) is 5.91 Å². The van der Waals surface area contributed by atoms with Crippen molar-refractivity contribution in [1.82, 2.24) is 5.32 Å². The van der Waals surface area contributed by atoms with Crippen LogP contribution in [0.25, 0.3) is 0 Å². The topological polar surface area (TPSA) is 29.1 Å². The largest absolute Gasteiger partial charge is 0.348 e. The molecule has 0 fully saturated rings. The van der Waals surface area contributed by atoms with Gasteiger partial charge in [0.2, 0.25) is 0 Å². The molecule has 0 aliphatic rings. The van der Waals surface area contributed by atoms with Crippen LogP contribution < -0.4 is 5.32 Å². The number of halogens is 1. The van der Waals surface area contributed by atoms with E-state index < -0.39 is 0 Å². The van der Waals surface area contributed by atoms with Crippen LogP contribution in [0.4, 0.5) is 0 Å². The van der Waals surface area contributed by atoms with Gasteiger partial charge in [-0.15, -0.1) is 0 Å². The van der Waals surface area contributed by atoms with Crippen molar-refractivity contribution < 1.29 is 4.79 Å². The van der Waals surface area contributed by atoms with Crippen molar-refractivity contribution >= 4 is 17.5 Å². The molecule has 1 N–H and O–H groups in total. The fourth-order valence-electron chi connectivity index (χ4n) is 2.04. The van der Waals surface area contributed by atoms with Crippen LogP contribution in [0.2, 0.25) is 5.02 Å². The van der Waals surface area contributed by atoms with Crippen molar-refractivity contribution in [2.45, 2.75) is 26.3 Å². The zero-order valence-corrected chi connectivity index (χ0v) is 12.3. The predicted octanol–water partition coefficient (Wildman–Crippen LogP) is 4.22. The Morgan fingerprint density at radius 2 is 1.85 bits per heavy atom. The maximum Gasteiger partial charge on any atom is 0.251 e. The van der Waals surface area contributed by atoms with Crippen LogP contribution in [-0.2, 0) is 13.0 Å². The van der Waals surface area contributed by atoms with E-state index >= 15 is 0 Å². The Labute approximate surface area is 124 Å². The Bertz CT molecular complexity index is 578. The van der Waals surface area contributed by atoms with Crippen molar-refractivity contribution in [1.29, 1.82) is 0 Å². The van der Waals surface area contributed by atoms with Crippen molar-refractivity contribution in [2.24, 2.45) is 0 Å². The van der Waals surface area contributed by atoms with Crippen molar-refractivity contribution in [3.8, 4) is 0 Å². The standard InChI is InChI=1S/C17H18ClNO/c1-2-4-13-5-3-6-15(11-13)17(20)19-12-14-7-9-16(18)10-8-14/h3,5-11H,2,4,12H2,1H3,(H,19,20). The van der Waals surface area contributed by atoms with Crippen LogP contribution in [0, 0.1) is 0 Å². The van der Waals surface area contributed by atoms with E-state index in [1.54, 1.807) is 0 Å². The predicted molar refractivity (Wildman–Crippen MR) is 83.1 cm³/mol. The second-order valence-electron chi connectivity index (χ2n) is 4.76. The minimum Gasteiger partial charge on any atom is -0.348 e. The Hall–Kier alpha value is -1.80. The van der Waals surface area contributed by atoms with Crippen molar-refractivity contribution in [2.75, 3.05) is 0 Å². The third-order valence-corrected chi connectivity index (χ3v) is 3.35. The molecule has 0 aromatic heterocycles. The lowest BCUT2D eigenvalue weighted by Gasteiger charge is -2.07. The summed E-state index contributed by atoms with van der Waals surface area (Å²) in [5.74, 6) is -0.0436. The number of benzene rings is 2. The maximum absolute atomic E-state index is 12.1. The van der Waals surface area contributed by atoms with Gasteiger partial charge >= 0.3 is 0 Å². The Balaban J connectivity index is 1.97. The zero-order chi connectivity index (χ0) is 14.4. The van der Waals surface area contributed by atoms with Crippen LogP contribution in [-0.4, -0.2) is 5.91 Å². The van der Waals surface area contributed by atoms with E-state index in [0.29, 0.717) is 17.1 Å². The first kappa shape index (κ1) is 14.6. The van der Waals surface area contributed by atoms with Gasteiger partial charge < -0.3 is 5.32 Å². The number of aryl methyl sites for hydroxylation is 1. The van der Waals surface area contributed by atoms with Crippen LogP contribution in [0.3, 0.4) is 0 Å². The van der Waals surface area contributed by atoms with Crippen molar-refractivity contribution in [3.05, 3.63) is 70.2 Å². The highest BCUT2D eigenvalue weighted by atomic mass is 35.5. The van der Waals surface area contributed by atoms with Crippen LogP contribution >= 0.6 is 11.6 Å². The van der Waals surface area contributed by atoms with Gasteiger partial charge in [-0.05, 0) is 41.8 Å². The molecule has 0 saturated heterocycles. The first-order valence-corrected chi connectivity index (χ1v) is 7.18. The number of hydrogen-bond acceptors (Lipinski definition) is 1. The molecule has 2 rings (SSSR count). The number of hydrogen-bond donors (Lipinski definition) is 1. The van der Waals surface area contributed by atoms with Gasteiger partial charge in [-0.25, -0.2) is 0 Å². The lowest BCUT2D eigenvalue weighted by molar-refractivity contribution is 0.0951. The van der Waals surface area contributed by atoms with Gasteiger partial charge in [-0.2, -0.15) is 0 Å². The number of amides is 1. The van der Waals surface area contributed by atoms with E-state index in [1.807, 2.05) is 42.5 Å². The van der Waals surface area contributed by atoms with Crippen LogP contribution in [0.5, 0.6) is 0 Å². The Morgan fingerprint density at radius 1 is 1.10 bits per heavy atom. The third kappa shape index (κ3) is 4.10. The molecule has 0 radical (unpaired) electrons. The summed E-state index contributed by atoms with van der Waals surface area (Å²) in [6.45, 7) is 2.64. The van der Waals surface area contributed by atoms with Gasteiger partial charge in [0, 0.05) is 17.1 Å². The van der Waals surface area contributed by atoms with Gasteiger partial charge in [0.1, 0.15) is 0 Å². The van der Waals surface area contributed by atoms with E-state index in [9.17, 15) is 4.79 Å². The van der Waals surface area contributed by atoms with E-state index in [0.717, 1.165) is 18.4 Å². The molecule has 0 saturated carbocycles. The molecule has 104 valence electrons. The number of nitrogens with one attached hydrogen (secondary N) is 1. The first-order chi connectivity index (χ1) is 9.69. The quantitative estimate of drug-likeness (QED) is 0.876. The minimum absolute atomic E-state index is 0.0436. The Morgan fingerprint density at radius 3 is 2.55 bits per heavy atom. The summed E-state index contributed by atoms with van der Waals surface area (Å²) >= 11 is 5.83. The molecule has 0 unspecified atom stereocenters. The van der Waals surface area contributed by atoms with Gasteiger partial charge in [-0.1, -0.05) is 49.2 Å².